The first-order chi connectivity index (χ1) is 10.6. The molecule has 0 unspecified atom stereocenters. The summed E-state index contributed by atoms with van der Waals surface area (Å²) in [7, 11) is 5.31. The second-order valence-corrected chi connectivity index (χ2v) is 5.07. The molecule has 0 saturated heterocycles. The average Bonchev–Trinajstić information content (AvgIpc) is 2.52. The van der Waals surface area contributed by atoms with Crippen molar-refractivity contribution < 1.29 is 9.47 Å². The molecule has 6 heteroatoms. The first-order valence-electron chi connectivity index (χ1n) is 7.09. The summed E-state index contributed by atoms with van der Waals surface area (Å²) in [5.41, 5.74) is 6.86. The number of benzene rings is 1. The lowest BCUT2D eigenvalue weighted by Gasteiger charge is -2.16. The van der Waals surface area contributed by atoms with Gasteiger partial charge in [0.2, 0.25) is 0 Å². The van der Waals surface area contributed by atoms with Gasteiger partial charge in [-0.1, -0.05) is 6.07 Å². The normalized spacial score (nSPS) is 10.7. The van der Waals surface area contributed by atoms with Gasteiger partial charge in [-0.2, -0.15) is 0 Å². The summed E-state index contributed by atoms with van der Waals surface area (Å²) in [6, 6.07) is 7.66. The highest BCUT2D eigenvalue weighted by atomic mass is 16.5. The number of nitrogens with two attached hydrogens (primary N) is 1. The zero-order chi connectivity index (χ0) is 15.9. The van der Waals surface area contributed by atoms with E-state index in [0.29, 0.717) is 12.4 Å². The summed E-state index contributed by atoms with van der Waals surface area (Å²) in [5.74, 6) is 2.72. The molecule has 0 amide bonds. The minimum Gasteiger partial charge on any atom is -0.493 e. The molecule has 0 radical (unpaired) electrons. The number of hydrogen-bond acceptors (Lipinski definition) is 6. The SMILES string of the molecule is COc1ccc(CCN(C)Cc2nccc(N)n2)cc1OC. The Kier molecular flexibility index (Phi) is 5.55. The number of aromatic nitrogens is 2. The minimum atomic E-state index is 0.498. The maximum absolute atomic E-state index is 5.66. The third-order valence-electron chi connectivity index (χ3n) is 3.37. The minimum absolute atomic E-state index is 0.498. The van der Waals surface area contributed by atoms with Crippen LogP contribution in [-0.4, -0.2) is 42.7 Å². The lowest BCUT2D eigenvalue weighted by Crippen LogP contribution is -2.22. The monoisotopic (exact) mass is 302 g/mol. The Morgan fingerprint density at radius 1 is 1.14 bits per heavy atom. The van der Waals surface area contributed by atoms with Crippen molar-refractivity contribution in [2.45, 2.75) is 13.0 Å². The quantitative estimate of drug-likeness (QED) is 0.840. The van der Waals surface area contributed by atoms with E-state index in [-0.39, 0.29) is 0 Å². The molecule has 22 heavy (non-hydrogen) atoms. The number of ether oxygens (including phenoxy) is 2. The molecule has 0 aliphatic carbocycles. The van der Waals surface area contributed by atoms with Crippen molar-refractivity contribution in [2.75, 3.05) is 33.5 Å². The molecule has 1 heterocycles. The summed E-state index contributed by atoms with van der Waals surface area (Å²) in [6.45, 7) is 1.55. The van der Waals surface area contributed by atoms with Crippen LogP contribution in [0.3, 0.4) is 0 Å². The van der Waals surface area contributed by atoms with Crippen LogP contribution in [0.4, 0.5) is 5.82 Å². The Labute approximate surface area is 130 Å². The van der Waals surface area contributed by atoms with Crippen LogP contribution in [0.25, 0.3) is 0 Å². The Morgan fingerprint density at radius 3 is 2.59 bits per heavy atom. The Balaban J connectivity index is 1.92. The summed E-state index contributed by atoms with van der Waals surface area (Å²) in [6.07, 6.45) is 2.58. The van der Waals surface area contributed by atoms with E-state index in [2.05, 4.69) is 14.9 Å². The van der Waals surface area contributed by atoms with E-state index in [0.717, 1.165) is 30.3 Å². The molecular formula is C16H22N4O2. The van der Waals surface area contributed by atoms with Gasteiger partial charge in [-0.05, 0) is 37.2 Å². The van der Waals surface area contributed by atoms with Crippen LogP contribution in [0.15, 0.2) is 30.5 Å². The van der Waals surface area contributed by atoms with Gasteiger partial charge in [-0.25, -0.2) is 9.97 Å². The molecule has 2 aromatic rings. The van der Waals surface area contributed by atoms with Gasteiger partial charge in [-0.3, -0.25) is 4.90 Å². The molecular weight excluding hydrogens is 280 g/mol. The number of hydrogen-bond donors (Lipinski definition) is 1. The van der Waals surface area contributed by atoms with Gasteiger partial charge >= 0.3 is 0 Å². The first-order valence-corrected chi connectivity index (χ1v) is 7.09. The molecule has 0 bridgehead atoms. The smallest absolute Gasteiger partial charge is 0.160 e. The number of nitrogen functional groups attached to an aromatic ring is 1. The highest BCUT2D eigenvalue weighted by molar-refractivity contribution is 5.42. The number of nitrogens with zero attached hydrogens (tertiary/aromatic N) is 3. The van der Waals surface area contributed by atoms with Crippen molar-refractivity contribution in [1.82, 2.24) is 14.9 Å². The number of likely N-dealkylation sites (N-methyl/N-ethyl adjacent to an activating group) is 1. The highest BCUT2D eigenvalue weighted by Crippen LogP contribution is 2.27. The molecule has 0 aliphatic rings. The number of anilines is 1. The predicted molar refractivity (Wildman–Crippen MR) is 86.0 cm³/mol. The van der Waals surface area contributed by atoms with Crippen molar-refractivity contribution in [2.24, 2.45) is 0 Å². The Hall–Kier alpha value is -2.34. The summed E-state index contributed by atoms with van der Waals surface area (Å²) < 4.78 is 10.6. The fourth-order valence-corrected chi connectivity index (χ4v) is 2.17. The van der Waals surface area contributed by atoms with E-state index in [1.54, 1.807) is 26.5 Å². The number of rotatable bonds is 7. The molecule has 6 nitrogen and oxygen atoms in total. The van der Waals surface area contributed by atoms with Gasteiger partial charge in [-0.15, -0.1) is 0 Å². The van der Waals surface area contributed by atoms with Crippen molar-refractivity contribution in [3.05, 3.63) is 41.9 Å². The Morgan fingerprint density at radius 2 is 1.91 bits per heavy atom. The van der Waals surface area contributed by atoms with Gasteiger partial charge in [0, 0.05) is 12.7 Å². The van der Waals surface area contributed by atoms with Crippen LogP contribution >= 0.6 is 0 Å². The molecule has 0 fully saturated rings. The predicted octanol–water partition coefficient (Wildman–Crippen LogP) is 1.75. The van der Waals surface area contributed by atoms with Crippen molar-refractivity contribution in [3.63, 3.8) is 0 Å². The van der Waals surface area contributed by atoms with Gasteiger partial charge in [0.1, 0.15) is 11.6 Å². The number of methoxy groups -OCH3 is 2. The standard InChI is InChI=1S/C16H22N4O2/c1-20(11-16-18-8-6-15(17)19-16)9-7-12-4-5-13(21-2)14(10-12)22-3/h4-6,8,10H,7,9,11H2,1-3H3,(H2,17,18,19). The molecule has 0 atom stereocenters. The molecule has 1 aromatic carbocycles. The lowest BCUT2D eigenvalue weighted by molar-refractivity contribution is 0.322. The van der Waals surface area contributed by atoms with E-state index in [9.17, 15) is 0 Å². The van der Waals surface area contributed by atoms with Crippen molar-refractivity contribution >= 4 is 5.82 Å². The summed E-state index contributed by atoms with van der Waals surface area (Å²) >= 11 is 0. The van der Waals surface area contributed by atoms with Crippen LogP contribution in [0.2, 0.25) is 0 Å². The van der Waals surface area contributed by atoms with Crippen molar-refractivity contribution in [3.8, 4) is 11.5 Å². The van der Waals surface area contributed by atoms with Crippen LogP contribution in [-0.2, 0) is 13.0 Å². The van der Waals surface area contributed by atoms with E-state index in [4.69, 9.17) is 15.2 Å². The molecule has 0 saturated carbocycles. The second kappa shape index (κ2) is 7.61. The van der Waals surface area contributed by atoms with Gasteiger partial charge < -0.3 is 15.2 Å². The van der Waals surface area contributed by atoms with Gasteiger partial charge in [0.05, 0.1) is 20.8 Å². The molecule has 2 rings (SSSR count). The summed E-state index contributed by atoms with van der Waals surface area (Å²) in [5, 5.41) is 0. The van der Waals surface area contributed by atoms with Gasteiger partial charge in [0.15, 0.2) is 11.5 Å². The molecule has 0 aliphatic heterocycles. The maximum atomic E-state index is 5.66. The third-order valence-corrected chi connectivity index (χ3v) is 3.37. The fraction of sp³-hybridized carbons (Fsp3) is 0.375. The largest absolute Gasteiger partial charge is 0.493 e. The van der Waals surface area contributed by atoms with E-state index >= 15 is 0 Å². The highest BCUT2D eigenvalue weighted by Gasteiger charge is 2.07. The molecule has 2 N–H and O–H groups in total. The Bertz CT molecular complexity index is 619. The van der Waals surface area contributed by atoms with Crippen LogP contribution in [0, 0.1) is 0 Å². The lowest BCUT2D eigenvalue weighted by atomic mass is 10.1. The molecule has 1 aromatic heterocycles. The van der Waals surface area contributed by atoms with E-state index < -0.39 is 0 Å². The zero-order valence-electron chi connectivity index (χ0n) is 13.2. The van der Waals surface area contributed by atoms with Crippen LogP contribution < -0.4 is 15.2 Å². The zero-order valence-corrected chi connectivity index (χ0v) is 13.2. The van der Waals surface area contributed by atoms with E-state index in [1.807, 2.05) is 25.2 Å². The van der Waals surface area contributed by atoms with Gasteiger partial charge in [0.25, 0.3) is 0 Å². The summed E-state index contributed by atoms with van der Waals surface area (Å²) in [4.78, 5) is 10.6. The molecule has 0 spiro atoms. The third kappa shape index (κ3) is 4.33. The first kappa shape index (κ1) is 16.0. The second-order valence-electron chi connectivity index (χ2n) is 5.07. The average molecular weight is 302 g/mol. The maximum Gasteiger partial charge on any atom is 0.160 e. The van der Waals surface area contributed by atoms with Crippen molar-refractivity contribution in [1.29, 1.82) is 0 Å². The van der Waals surface area contributed by atoms with E-state index in [1.165, 1.54) is 5.56 Å². The van der Waals surface area contributed by atoms with Crippen LogP contribution in [0.1, 0.15) is 11.4 Å². The fourth-order valence-electron chi connectivity index (χ4n) is 2.17. The molecule has 118 valence electrons. The van der Waals surface area contributed by atoms with Crippen LogP contribution in [0.5, 0.6) is 11.5 Å². The topological polar surface area (TPSA) is 73.5 Å².